The number of thioether (sulfide) groups is 1. The molecule has 1 aromatic carbocycles. The molecule has 0 aliphatic carbocycles. The third-order valence-corrected chi connectivity index (χ3v) is 5.84. The molecule has 11 heteroatoms. The van der Waals surface area contributed by atoms with Gasteiger partial charge in [-0.1, -0.05) is 15.9 Å². The first-order chi connectivity index (χ1) is 14.3. The second-order valence-electron chi connectivity index (χ2n) is 6.33. The van der Waals surface area contributed by atoms with E-state index in [9.17, 15) is 14.7 Å². The lowest BCUT2D eigenvalue weighted by atomic mass is 10.1. The van der Waals surface area contributed by atoms with E-state index in [1.54, 1.807) is 31.5 Å². The molecule has 1 atom stereocenters. The summed E-state index contributed by atoms with van der Waals surface area (Å²) in [4.78, 5) is 33.5. The lowest BCUT2D eigenvalue weighted by Gasteiger charge is -2.17. The van der Waals surface area contributed by atoms with Crippen molar-refractivity contribution in [2.75, 3.05) is 25.5 Å². The largest absolute Gasteiger partial charge is 0.504 e. The summed E-state index contributed by atoms with van der Waals surface area (Å²) in [6, 6.07) is 3.04. The number of hydrogen-bond donors (Lipinski definition) is 3. The SMILES string of the molecule is CC(Oc1cc(/C=C2\SC(=O)N(C)C2=O)c(Br)cc1O)c1cnc(NCCO)nc1. The monoisotopic (exact) mass is 494 g/mol. The number of nitrogens with zero attached hydrogens (tertiary/aromatic N) is 3. The molecule has 3 rings (SSSR count). The van der Waals surface area contributed by atoms with Gasteiger partial charge in [0.05, 0.1) is 11.5 Å². The van der Waals surface area contributed by atoms with Crippen LogP contribution < -0.4 is 10.1 Å². The zero-order valence-corrected chi connectivity index (χ0v) is 18.5. The minimum absolute atomic E-state index is 0.0273. The van der Waals surface area contributed by atoms with E-state index in [-0.39, 0.29) is 34.2 Å². The molecule has 30 heavy (non-hydrogen) atoms. The number of imide groups is 1. The van der Waals surface area contributed by atoms with Crippen LogP contribution in [-0.4, -0.2) is 56.4 Å². The Morgan fingerprint density at radius 3 is 2.63 bits per heavy atom. The predicted molar refractivity (Wildman–Crippen MR) is 116 cm³/mol. The summed E-state index contributed by atoms with van der Waals surface area (Å²) in [6.07, 6.45) is 4.27. The lowest BCUT2D eigenvalue weighted by molar-refractivity contribution is -0.121. The van der Waals surface area contributed by atoms with E-state index in [4.69, 9.17) is 9.84 Å². The molecule has 1 fully saturated rings. The molecule has 1 unspecified atom stereocenters. The fraction of sp³-hybridized carbons (Fsp3) is 0.263. The summed E-state index contributed by atoms with van der Waals surface area (Å²) >= 11 is 4.20. The number of likely N-dealkylation sites (N-methyl/N-ethyl adjacent to an activating group) is 1. The van der Waals surface area contributed by atoms with Crippen molar-refractivity contribution in [3.8, 4) is 11.5 Å². The number of aromatic hydroxyl groups is 1. The van der Waals surface area contributed by atoms with Crippen molar-refractivity contribution in [2.45, 2.75) is 13.0 Å². The lowest BCUT2D eigenvalue weighted by Crippen LogP contribution is -2.22. The first kappa shape index (κ1) is 22.1. The summed E-state index contributed by atoms with van der Waals surface area (Å²) in [6.45, 7) is 2.10. The van der Waals surface area contributed by atoms with Gasteiger partial charge in [0, 0.05) is 36.0 Å². The Morgan fingerprint density at radius 2 is 2.03 bits per heavy atom. The molecule has 3 N–H and O–H groups in total. The summed E-state index contributed by atoms with van der Waals surface area (Å²) in [5.41, 5.74) is 1.26. The van der Waals surface area contributed by atoms with E-state index in [0.29, 0.717) is 28.1 Å². The number of anilines is 1. The highest BCUT2D eigenvalue weighted by molar-refractivity contribution is 9.10. The van der Waals surface area contributed by atoms with E-state index in [0.717, 1.165) is 16.7 Å². The maximum absolute atomic E-state index is 12.1. The Balaban J connectivity index is 1.80. The van der Waals surface area contributed by atoms with Crippen LogP contribution in [0.5, 0.6) is 11.5 Å². The maximum Gasteiger partial charge on any atom is 0.293 e. The number of nitrogens with one attached hydrogen (secondary N) is 1. The normalized spacial score (nSPS) is 16.3. The molecule has 2 aromatic rings. The van der Waals surface area contributed by atoms with Crippen LogP contribution in [-0.2, 0) is 4.79 Å². The van der Waals surface area contributed by atoms with Gasteiger partial charge in [-0.3, -0.25) is 14.5 Å². The van der Waals surface area contributed by atoms with Gasteiger partial charge in [-0.25, -0.2) is 9.97 Å². The van der Waals surface area contributed by atoms with E-state index in [1.807, 2.05) is 0 Å². The van der Waals surface area contributed by atoms with Gasteiger partial charge < -0.3 is 20.3 Å². The van der Waals surface area contributed by atoms with E-state index < -0.39 is 6.10 Å². The number of phenols is 1. The van der Waals surface area contributed by atoms with Crippen molar-refractivity contribution in [2.24, 2.45) is 0 Å². The zero-order valence-electron chi connectivity index (χ0n) is 16.1. The van der Waals surface area contributed by atoms with E-state index in [1.165, 1.54) is 13.1 Å². The van der Waals surface area contributed by atoms with Crippen molar-refractivity contribution in [1.29, 1.82) is 0 Å². The minimum Gasteiger partial charge on any atom is -0.504 e. The second-order valence-corrected chi connectivity index (χ2v) is 8.18. The Bertz CT molecular complexity index is 999. The number of rotatable bonds is 7. The molecule has 2 heterocycles. The van der Waals surface area contributed by atoms with Gasteiger partial charge in [0.25, 0.3) is 11.1 Å². The number of aliphatic hydroxyl groups is 1. The topological polar surface area (TPSA) is 125 Å². The average Bonchev–Trinajstić information content (AvgIpc) is 2.96. The van der Waals surface area contributed by atoms with E-state index in [2.05, 4.69) is 31.2 Å². The molecule has 0 radical (unpaired) electrons. The summed E-state index contributed by atoms with van der Waals surface area (Å²) < 4.78 is 6.42. The fourth-order valence-corrected chi connectivity index (χ4v) is 3.78. The highest BCUT2D eigenvalue weighted by Crippen LogP contribution is 2.38. The first-order valence-corrected chi connectivity index (χ1v) is 10.5. The quantitative estimate of drug-likeness (QED) is 0.497. The van der Waals surface area contributed by atoms with Gasteiger partial charge in [0.1, 0.15) is 6.10 Å². The van der Waals surface area contributed by atoms with Crippen LogP contribution in [0.3, 0.4) is 0 Å². The molecule has 1 aromatic heterocycles. The number of amides is 2. The molecule has 0 bridgehead atoms. The van der Waals surface area contributed by atoms with Gasteiger partial charge >= 0.3 is 0 Å². The van der Waals surface area contributed by atoms with Crippen molar-refractivity contribution in [1.82, 2.24) is 14.9 Å². The van der Waals surface area contributed by atoms with Crippen LogP contribution >= 0.6 is 27.7 Å². The van der Waals surface area contributed by atoms with Gasteiger partial charge in [-0.05, 0) is 42.5 Å². The maximum atomic E-state index is 12.1. The molecule has 1 saturated heterocycles. The Hall–Kier alpha value is -2.63. The standard InChI is InChI=1S/C19H19BrN4O5S/c1-10(12-8-22-18(23-9-12)21-3-4-25)29-15-5-11(13(20)7-14(15)26)6-16-17(27)24(2)19(28)30-16/h5-10,25-26H,3-4H2,1-2H3,(H,21,22,23)/b16-6-. The number of aliphatic hydroxyl groups excluding tert-OH is 1. The second kappa shape index (κ2) is 9.45. The fourth-order valence-electron chi connectivity index (χ4n) is 2.52. The molecule has 1 aliphatic heterocycles. The number of phenolic OH excluding ortho intramolecular Hbond substituents is 1. The smallest absolute Gasteiger partial charge is 0.293 e. The predicted octanol–water partition coefficient (Wildman–Crippen LogP) is 3.16. The van der Waals surface area contributed by atoms with Crippen LogP contribution in [0.25, 0.3) is 6.08 Å². The Labute approximate surface area is 185 Å². The molecule has 0 saturated carbocycles. The zero-order chi connectivity index (χ0) is 21.8. The van der Waals surface area contributed by atoms with Crippen molar-refractivity contribution >= 4 is 50.9 Å². The third kappa shape index (κ3) is 4.91. The van der Waals surface area contributed by atoms with Crippen LogP contribution in [0, 0.1) is 0 Å². The van der Waals surface area contributed by atoms with Gasteiger partial charge in [0.15, 0.2) is 11.5 Å². The van der Waals surface area contributed by atoms with E-state index >= 15 is 0 Å². The number of hydrogen-bond acceptors (Lipinski definition) is 9. The van der Waals surface area contributed by atoms with Crippen molar-refractivity contribution in [3.63, 3.8) is 0 Å². The number of aromatic nitrogens is 2. The molecule has 158 valence electrons. The molecule has 2 amide bonds. The number of benzene rings is 1. The Morgan fingerprint density at radius 1 is 1.33 bits per heavy atom. The Kier molecular flexibility index (Phi) is 6.95. The van der Waals surface area contributed by atoms with Crippen LogP contribution in [0.1, 0.15) is 24.2 Å². The molecule has 0 spiro atoms. The summed E-state index contributed by atoms with van der Waals surface area (Å²) in [5, 5.41) is 21.6. The molecular formula is C19H19BrN4O5S. The summed E-state index contributed by atoms with van der Waals surface area (Å²) in [7, 11) is 1.42. The number of ether oxygens (including phenoxy) is 1. The van der Waals surface area contributed by atoms with Gasteiger partial charge in [-0.15, -0.1) is 0 Å². The average molecular weight is 495 g/mol. The first-order valence-electron chi connectivity index (χ1n) is 8.87. The number of carbonyl (C=O) groups is 2. The van der Waals surface area contributed by atoms with Gasteiger partial charge in [-0.2, -0.15) is 0 Å². The molecule has 9 nitrogen and oxygen atoms in total. The van der Waals surface area contributed by atoms with Crippen LogP contribution in [0.4, 0.5) is 10.7 Å². The highest BCUT2D eigenvalue weighted by atomic mass is 79.9. The van der Waals surface area contributed by atoms with Crippen LogP contribution in [0.2, 0.25) is 0 Å². The number of halogens is 1. The van der Waals surface area contributed by atoms with Crippen LogP contribution in [0.15, 0.2) is 33.9 Å². The van der Waals surface area contributed by atoms with Gasteiger partial charge in [0.2, 0.25) is 5.95 Å². The molecular weight excluding hydrogens is 476 g/mol. The minimum atomic E-state index is -0.473. The van der Waals surface area contributed by atoms with Crippen molar-refractivity contribution < 1.29 is 24.5 Å². The molecule has 1 aliphatic rings. The summed E-state index contributed by atoms with van der Waals surface area (Å²) in [5.74, 6) is 0.123. The number of carbonyl (C=O) groups excluding carboxylic acids is 2. The van der Waals surface area contributed by atoms with Crippen molar-refractivity contribution in [3.05, 3.63) is 45.0 Å². The third-order valence-electron chi connectivity index (χ3n) is 4.19. The highest BCUT2D eigenvalue weighted by Gasteiger charge is 2.32.